The molecule has 1 amide bonds. The topological polar surface area (TPSA) is 42.0 Å². The maximum absolute atomic E-state index is 12.5. The van der Waals surface area contributed by atoms with Gasteiger partial charge in [0, 0.05) is 25.6 Å². The lowest BCUT2D eigenvalue weighted by Gasteiger charge is -2.43. The molecule has 3 rings (SSSR count). The van der Waals surface area contributed by atoms with Crippen molar-refractivity contribution in [2.24, 2.45) is 11.8 Å². The van der Waals surface area contributed by atoms with E-state index in [9.17, 15) is 4.79 Å². The molecule has 5 heteroatoms. The normalized spacial score (nSPS) is 29.5. The molecule has 0 aromatic carbocycles. The average molecular weight is 353 g/mol. The van der Waals surface area contributed by atoms with Crippen molar-refractivity contribution in [3.8, 4) is 0 Å². The van der Waals surface area contributed by atoms with Gasteiger partial charge in [-0.1, -0.05) is 39.5 Å². The van der Waals surface area contributed by atoms with Gasteiger partial charge in [-0.05, 0) is 25.3 Å². The van der Waals surface area contributed by atoms with Crippen LogP contribution in [0.3, 0.4) is 0 Å². The fraction of sp³-hybridized carbons (Fsp3) is 0.950. The highest BCUT2D eigenvalue weighted by Gasteiger charge is 2.41. The number of morpholine rings is 1. The second-order valence-corrected chi connectivity index (χ2v) is 8.57. The van der Waals surface area contributed by atoms with Crippen molar-refractivity contribution in [2.45, 2.75) is 58.0 Å². The number of nitrogens with zero attached hydrogens (tertiary/aromatic N) is 2. The number of carbonyl (C=O) groups excluding carboxylic acids is 1. The maximum atomic E-state index is 12.5. The molecule has 25 heavy (non-hydrogen) atoms. The summed E-state index contributed by atoms with van der Waals surface area (Å²) >= 11 is 0. The molecule has 2 aliphatic heterocycles. The van der Waals surface area contributed by atoms with Crippen LogP contribution in [0.5, 0.6) is 0 Å². The summed E-state index contributed by atoms with van der Waals surface area (Å²) in [6, 6.07) is 0. The highest BCUT2D eigenvalue weighted by molar-refractivity contribution is 5.78. The number of carbonyl (C=O) groups is 1. The van der Waals surface area contributed by atoms with Gasteiger partial charge in [0.1, 0.15) is 5.60 Å². The lowest BCUT2D eigenvalue weighted by molar-refractivity contribution is -0.153. The van der Waals surface area contributed by atoms with E-state index in [1.165, 1.54) is 38.5 Å². The Balaban J connectivity index is 1.53. The molecule has 0 radical (unpaired) electrons. The van der Waals surface area contributed by atoms with Gasteiger partial charge in [-0.2, -0.15) is 0 Å². The molecule has 3 aliphatic rings. The predicted octanol–water partition coefficient (Wildman–Crippen LogP) is 2.54. The first-order valence-electron chi connectivity index (χ1n) is 10.3. The lowest BCUT2D eigenvalue weighted by atomic mass is 9.99. The third-order valence-electron chi connectivity index (χ3n) is 6.04. The second-order valence-electron chi connectivity index (χ2n) is 8.57. The lowest BCUT2D eigenvalue weighted by Crippen LogP contribution is -2.59. The zero-order valence-corrected chi connectivity index (χ0v) is 16.2. The molecule has 1 aliphatic carbocycles. The third kappa shape index (κ3) is 5.18. The van der Waals surface area contributed by atoms with Gasteiger partial charge in [-0.3, -0.25) is 9.69 Å². The number of rotatable bonds is 5. The first kappa shape index (κ1) is 19.1. The van der Waals surface area contributed by atoms with Crippen LogP contribution in [0.2, 0.25) is 0 Å². The van der Waals surface area contributed by atoms with Crippen LogP contribution in [-0.2, 0) is 14.3 Å². The molecule has 3 fully saturated rings. The Morgan fingerprint density at radius 2 is 1.96 bits per heavy atom. The molecule has 144 valence electrons. The number of amides is 1. The minimum absolute atomic E-state index is 0.0289. The van der Waals surface area contributed by atoms with Crippen molar-refractivity contribution in [2.75, 3.05) is 52.5 Å². The van der Waals surface area contributed by atoms with E-state index in [-0.39, 0.29) is 17.4 Å². The Bertz CT molecular complexity index is 437. The highest BCUT2D eigenvalue weighted by atomic mass is 16.5. The second kappa shape index (κ2) is 8.83. The van der Waals surface area contributed by atoms with E-state index in [2.05, 4.69) is 4.90 Å². The Hall–Kier alpha value is -0.650. The summed E-state index contributed by atoms with van der Waals surface area (Å²) in [6.45, 7) is 10.3. The fourth-order valence-electron chi connectivity index (χ4n) is 4.66. The molecule has 0 aromatic rings. The summed E-state index contributed by atoms with van der Waals surface area (Å²) in [5.74, 6) is 1.21. The van der Waals surface area contributed by atoms with Gasteiger partial charge in [0.05, 0.1) is 26.4 Å². The minimum atomic E-state index is -0.341. The fourth-order valence-corrected chi connectivity index (χ4v) is 4.66. The number of ether oxygens (including phenoxy) is 2. The largest absolute Gasteiger partial charge is 0.376 e. The van der Waals surface area contributed by atoms with E-state index < -0.39 is 0 Å². The van der Waals surface area contributed by atoms with Crippen LogP contribution >= 0.6 is 0 Å². The van der Waals surface area contributed by atoms with Crippen LogP contribution in [-0.4, -0.2) is 73.9 Å². The van der Waals surface area contributed by atoms with E-state index in [4.69, 9.17) is 9.47 Å². The minimum Gasteiger partial charge on any atom is -0.376 e. The highest BCUT2D eigenvalue weighted by Crippen LogP contribution is 2.29. The summed E-state index contributed by atoms with van der Waals surface area (Å²) < 4.78 is 12.0. The van der Waals surface area contributed by atoms with Crippen LogP contribution in [0.25, 0.3) is 0 Å². The van der Waals surface area contributed by atoms with Crippen molar-refractivity contribution in [3.05, 3.63) is 0 Å². The summed E-state index contributed by atoms with van der Waals surface area (Å²) in [4.78, 5) is 17.0. The van der Waals surface area contributed by atoms with Crippen LogP contribution in [0, 0.1) is 11.8 Å². The molecule has 1 spiro atoms. The number of hydrogen-bond donors (Lipinski definition) is 0. The van der Waals surface area contributed by atoms with Crippen LogP contribution < -0.4 is 0 Å². The summed E-state index contributed by atoms with van der Waals surface area (Å²) in [5.41, 5.74) is -0.341. The molecule has 2 heterocycles. The standard InChI is InChI=1S/C20H36N2O3/c1-17(2)19(23)22-11-12-24-16-20(15-22)14-21(10-13-25-20)9-5-8-18-6-3-4-7-18/h17-18H,3-16H2,1-2H3/t20-/m0/s1. The summed E-state index contributed by atoms with van der Waals surface area (Å²) in [7, 11) is 0. The quantitative estimate of drug-likeness (QED) is 0.763. The van der Waals surface area contributed by atoms with Gasteiger partial charge in [0.2, 0.25) is 5.91 Å². The zero-order valence-electron chi connectivity index (χ0n) is 16.2. The van der Waals surface area contributed by atoms with Crippen molar-refractivity contribution in [1.82, 2.24) is 9.80 Å². The first-order chi connectivity index (χ1) is 12.1. The van der Waals surface area contributed by atoms with Crippen molar-refractivity contribution in [3.63, 3.8) is 0 Å². The molecule has 1 atom stereocenters. The summed E-state index contributed by atoms with van der Waals surface area (Å²) in [6.07, 6.45) is 8.40. The smallest absolute Gasteiger partial charge is 0.225 e. The molecule has 0 unspecified atom stereocenters. The Kier molecular flexibility index (Phi) is 6.75. The SMILES string of the molecule is CC(C)C(=O)N1CCOC[C@]2(CN(CCCC3CCCC3)CCO2)C1. The van der Waals surface area contributed by atoms with Crippen molar-refractivity contribution in [1.29, 1.82) is 0 Å². The summed E-state index contributed by atoms with van der Waals surface area (Å²) in [5, 5.41) is 0. The molecule has 1 saturated carbocycles. The molecule has 5 nitrogen and oxygen atoms in total. The van der Waals surface area contributed by atoms with E-state index in [0.29, 0.717) is 26.3 Å². The van der Waals surface area contributed by atoms with E-state index in [0.717, 1.165) is 32.2 Å². The average Bonchev–Trinajstić information content (AvgIpc) is 3.03. The van der Waals surface area contributed by atoms with Crippen molar-refractivity contribution >= 4 is 5.91 Å². The zero-order chi connectivity index (χ0) is 17.7. The van der Waals surface area contributed by atoms with Gasteiger partial charge >= 0.3 is 0 Å². The van der Waals surface area contributed by atoms with Crippen LogP contribution in [0.1, 0.15) is 52.4 Å². The maximum Gasteiger partial charge on any atom is 0.225 e. The number of hydrogen-bond acceptors (Lipinski definition) is 4. The molecule has 2 saturated heterocycles. The van der Waals surface area contributed by atoms with Gasteiger partial charge in [-0.25, -0.2) is 0 Å². The first-order valence-corrected chi connectivity index (χ1v) is 10.3. The van der Waals surface area contributed by atoms with Gasteiger partial charge < -0.3 is 14.4 Å². The predicted molar refractivity (Wildman–Crippen MR) is 98.6 cm³/mol. The Morgan fingerprint density at radius 1 is 1.16 bits per heavy atom. The monoisotopic (exact) mass is 352 g/mol. The molecular formula is C20H36N2O3. The Labute approximate surface area is 153 Å². The van der Waals surface area contributed by atoms with Crippen LogP contribution in [0.15, 0.2) is 0 Å². The Morgan fingerprint density at radius 3 is 2.72 bits per heavy atom. The molecule has 0 N–H and O–H groups in total. The van der Waals surface area contributed by atoms with Gasteiger partial charge in [-0.15, -0.1) is 0 Å². The van der Waals surface area contributed by atoms with Crippen molar-refractivity contribution < 1.29 is 14.3 Å². The molecular weight excluding hydrogens is 316 g/mol. The van der Waals surface area contributed by atoms with Crippen LogP contribution in [0.4, 0.5) is 0 Å². The molecule has 0 aromatic heterocycles. The van der Waals surface area contributed by atoms with Gasteiger partial charge in [0.25, 0.3) is 0 Å². The van der Waals surface area contributed by atoms with E-state index in [1.54, 1.807) is 0 Å². The third-order valence-corrected chi connectivity index (χ3v) is 6.04. The molecule has 0 bridgehead atoms. The van der Waals surface area contributed by atoms with E-state index >= 15 is 0 Å². The van der Waals surface area contributed by atoms with E-state index in [1.807, 2.05) is 18.7 Å². The van der Waals surface area contributed by atoms with Gasteiger partial charge in [0.15, 0.2) is 0 Å².